The Balaban J connectivity index is 2.03. The fourth-order valence-corrected chi connectivity index (χ4v) is 4.05. The molecule has 0 bridgehead atoms. The zero-order chi connectivity index (χ0) is 20.4. The molecule has 4 nitrogen and oxygen atoms in total. The molecule has 6 heteroatoms. The Bertz CT molecular complexity index is 770. The van der Waals surface area contributed by atoms with Crippen LogP contribution in [0.2, 0.25) is 5.02 Å². The number of nitrogens with one attached hydrogen (secondary N) is 1. The molecule has 0 aromatic heterocycles. The standard InChI is InChI=1S/C22H27ClN2O2S/c1-3-20(22(27)24-2)25(15-18-11-7-8-12-19(18)23)21(26)13-14-28-16-17-9-5-4-6-10-17/h4-12,20H,3,13-16H2,1-2H3,(H,24,27)/t20-/m1/s1. The van der Waals surface area contributed by atoms with Crippen molar-refractivity contribution in [1.29, 1.82) is 0 Å². The summed E-state index contributed by atoms with van der Waals surface area (Å²) in [5.74, 6) is 1.39. The third-order valence-electron chi connectivity index (χ3n) is 4.50. The number of carbonyl (C=O) groups is 2. The normalized spacial score (nSPS) is 11.7. The molecule has 0 unspecified atom stereocenters. The quantitative estimate of drug-likeness (QED) is 0.577. The molecule has 2 rings (SSSR count). The highest BCUT2D eigenvalue weighted by atomic mass is 35.5. The van der Waals surface area contributed by atoms with E-state index in [2.05, 4.69) is 17.4 Å². The van der Waals surface area contributed by atoms with Crippen molar-refractivity contribution >= 4 is 35.2 Å². The number of benzene rings is 2. The third-order valence-corrected chi connectivity index (χ3v) is 5.90. The maximum Gasteiger partial charge on any atom is 0.242 e. The van der Waals surface area contributed by atoms with Gasteiger partial charge in [-0.2, -0.15) is 11.8 Å². The van der Waals surface area contributed by atoms with E-state index in [4.69, 9.17) is 11.6 Å². The first-order chi connectivity index (χ1) is 13.6. The molecule has 0 aliphatic carbocycles. The van der Waals surface area contributed by atoms with Gasteiger partial charge in [-0.05, 0) is 23.6 Å². The second kappa shape index (κ2) is 11.8. The molecular weight excluding hydrogens is 392 g/mol. The summed E-state index contributed by atoms with van der Waals surface area (Å²) in [4.78, 5) is 27.0. The van der Waals surface area contributed by atoms with Gasteiger partial charge >= 0.3 is 0 Å². The van der Waals surface area contributed by atoms with Crippen molar-refractivity contribution in [3.05, 3.63) is 70.7 Å². The van der Waals surface area contributed by atoms with Crippen LogP contribution in [0.3, 0.4) is 0 Å². The lowest BCUT2D eigenvalue weighted by molar-refractivity contribution is -0.140. The van der Waals surface area contributed by atoms with E-state index in [1.807, 2.05) is 43.3 Å². The number of hydrogen-bond donors (Lipinski definition) is 1. The minimum Gasteiger partial charge on any atom is -0.357 e. The fourth-order valence-electron chi connectivity index (χ4n) is 2.96. The Labute approximate surface area is 176 Å². The van der Waals surface area contributed by atoms with Crippen LogP contribution in [0.25, 0.3) is 0 Å². The van der Waals surface area contributed by atoms with Gasteiger partial charge < -0.3 is 10.2 Å². The Kier molecular flexibility index (Phi) is 9.38. The summed E-state index contributed by atoms with van der Waals surface area (Å²) in [5, 5.41) is 3.27. The molecule has 2 amide bonds. The van der Waals surface area contributed by atoms with Gasteiger partial charge in [-0.3, -0.25) is 9.59 Å². The van der Waals surface area contributed by atoms with Gasteiger partial charge in [0.2, 0.25) is 11.8 Å². The maximum absolute atomic E-state index is 13.0. The van der Waals surface area contributed by atoms with Crippen molar-refractivity contribution in [2.45, 2.75) is 38.1 Å². The molecule has 28 heavy (non-hydrogen) atoms. The van der Waals surface area contributed by atoms with E-state index in [1.54, 1.807) is 29.8 Å². The lowest BCUT2D eigenvalue weighted by atomic mass is 10.1. The smallest absolute Gasteiger partial charge is 0.242 e. The van der Waals surface area contributed by atoms with Gasteiger partial charge in [0.05, 0.1) is 0 Å². The van der Waals surface area contributed by atoms with Gasteiger partial charge in [-0.1, -0.05) is 67.1 Å². The van der Waals surface area contributed by atoms with Crippen molar-refractivity contribution in [1.82, 2.24) is 10.2 Å². The summed E-state index contributed by atoms with van der Waals surface area (Å²) < 4.78 is 0. The Morgan fingerprint density at radius 3 is 2.43 bits per heavy atom. The van der Waals surface area contributed by atoms with E-state index in [0.717, 1.165) is 11.3 Å². The van der Waals surface area contributed by atoms with Gasteiger partial charge in [-0.15, -0.1) is 0 Å². The van der Waals surface area contributed by atoms with Gasteiger partial charge in [0, 0.05) is 36.5 Å². The first kappa shape index (κ1) is 22.3. The Morgan fingerprint density at radius 1 is 1.11 bits per heavy atom. The first-order valence-electron chi connectivity index (χ1n) is 9.43. The molecule has 0 spiro atoms. The van der Waals surface area contributed by atoms with Crippen LogP contribution >= 0.6 is 23.4 Å². The van der Waals surface area contributed by atoms with Crippen LogP contribution in [-0.2, 0) is 21.9 Å². The number of nitrogens with zero attached hydrogens (tertiary/aromatic N) is 1. The molecule has 0 fully saturated rings. The molecule has 0 radical (unpaired) electrons. The SMILES string of the molecule is CC[C@H](C(=O)NC)N(Cc1ccccc1Cl)C(=O)CCSCc1ccccc1. The molecule has 2 aromatic rings. The zero-order valence-corrected chi connectivity index (χ0v) is 17.9. The molecule has 150 valence electrons. The zero-order valence-electron chi connectivity index (χ0n) is 16.4. The van der Waals surface area contributed by atoms with Gasteiger partial charge in [-0.25, -0.2) is 0 Å². The largest absolute Gasteiger partial charge is 0.357 e. The number of likely N-dealkylation sites (N-methyl/N-ethyl adjacent to an activating group) is 1. The van der Waals surface area contributed by atoms with Gasteiger partial charge in [0.25, 0.3) is 0 Å². The predicted molar refractivity (Wildman–Crippen MR) is 117 cm³/mol. The molecule has 1 atom stereocenters. The molecule has 0 aliphatic heterocycles. The molecule has 0 saturated carbocycles. The molecule has 0 aliphatic rings. The second-order valence-electron chi connectivity index (χ2n) is 6.44. The highest BCUT2D eigenvalue weighted by molar-refractivity contribution is 7.98. The number of amides is 2. The number of halogens is 1. The lowest BCUT2D eigenvalue weighted by Gasteiger charge is -2.30. The minimum absolute atomic E-state index is 0.0315. The Morgan fingerprint density at radius 2 is 1.79 bits per heavy atom. The molecule has 2 aromatic carbocycles. The molecule has 0 heterocycles. The summed E-state index contributed by atoms with van der Waals surface area (Å²) in [5.41, 5.74) is 2.08. The van der Waals surface area contributed by atoms with Crippen LogP contribution in [0.15, 0.2) is 54.6 Å². The lowest BCUT2D eigenvalue weighted by Crippen LogP contribution is -2.48. The highest BCUT2D eigenvalue weighted by Crippen LogP contribution is 2.21. The highest BCUT2D eigenvalue weighted by Gasteiger charge is 2.28. The van der Waals surface area contributed by atoms with Crippen LogP contribution in [0.5, 0.6) is 0 Å². The van der Waals surface area contributed by atoms with E-state index < -0.39 is 6.04 Å². The topological polar surface area (TPSA) is 49.4 Å². The fraction of sp³-hybridized carbons (Fsp3) is 0.364. The van der Waals surface area contributed by atoms with Crippen molar-refractivity contribution < 1.29 is 9.59 Å². The summed E-state index contributed by atoms with van der Waals surface area (Å²) in [6.45, 7) is 2.24. The molecule has 0 saturated heterocycles. The summed E-state index contributed by atoms with van der Waals surface area (Å²) in [6.07, 6.45) is 0.933. The average Bonchev–Trinajstić information content (AvgIpc) is 2.72. The minimum atomic E-state index is -0.507. The summed E-state index contributed by atoms with van der Waals surface area (Å²) in [7, 11) is 1.60. The summed E-state index contributed by atoms with van der Waals surface area (Å²) >= 11 is 8.01. The number of hydrogen-bond acceptors (Lipinski definition) is 3. The first-order valence-corrected chi connectivity index (χ1v) is 11.0. The number of rotatable bonds is 10. The van der Waals surface area contributed by atoms with Crippen LogP contribution < -0.4 is 5.32 Å². The van der Waals surface area contributed by atoms with E-state index in [-0.39, 0.29) is 11.8 Å². The van der Waals surface area contributed by atoms with Crippen LogP contribution in [0, 0.1) is 0 Å². The van der Waals surface area contributed by atoms with Crippen molar-refractivity contribution in [2.24, 2.45) is 0 Å². The van der Waals surface area contributed by atoms with E-state index in [0.29, 0.717) is 30.2 Å². The van der Waals surface area contributed by atoms with Gasteiger partial charge in [0.15, 0.2) is 0 Å². The molecular formula is C22H27ClN2O2S. The van der Waals surface area contributed by atoms with E-state index in [1.165, 1.54) is 5.56 Å². The predicted octanol–water partition coefficient (Wildman–Crippen LogP) is 4.52. The van der Waals surface area contributed by atoms with Crippen LogP contribution in [0.4, 0.5) is 0 Å². The van der Waals surface area contributed by atoms with Crippen molar-refractivity contribution in [2.75, 3.05) is 12.8 Å². The van der Waals surface area contributed by atoms with Crippen LogP contribution in [0.1, 0.15) is 30.9 Å². The van der Waals surface area contributed by atoms with E-state index >= 15 is 0 Å². The second-order valence-corrected chi connectivity index (χ2v) is 7.95. The number of thioether (sulfide) groups is 1. The summed E-state index contributed by atoms with van der Waals surface area (Å²) in [6, 6.07) is 17.1. The van der Waals surface area contributed by atoms with Gasteiger partial charge in [0.1, 0.15) is 6.04 Å². The third kappa shape index (κ3) is 6.57. The maximum atomic E-state index is 13.0. The van der Waals surface area contributed by atoms with Crippen molar-refractivity contribution in [3.8, 4) is 0 Å². The van der Waals surface area contributed by atoms with Crippen LogP contribution in [-0.4, -0.2) is 35.6 Å². The molecule has 1 N–H and O–H groups in total. The van der Waals surface area contributed by atoms with Crippen molar-refractivity contribution in [3.63, 3.8) is 0 Å². The Hall–Kier alpha value is -1.98. The van der Waals surface area contributed by atoms with E-state index in [9.17, 15) is 9.59 Å². The monoisotopic (exact) mass is 418 g/mol. The number of carbonyl (C=O) groups excluding carboxylic acids is 2. The average molecular weight is 419 g/mol.